The summed E-state index contributed by atoms with van der Waals surface area (Å²) < 4.78 is 0. The van der Waals surface area contributed by atoms with Gasteiger partial charge >= 0.3 is 0 Å². The Hall–Kier alpha value is -3.16. The second kappa shape index (κ2) is 8.91. The molecule has 3 heterocycles. The van der Waals surface area contributed by atoms with Crippen LogP contribution in [0.1, 0.15) is 30.6 Å². The zero-order valence-electron chi connectivity index (χ0n) is 18.1. The molecule has 8 heteroatoms. The molecular formula is C23H29N5O3. The first-order valence-corrected chi connectivity index (χ1v) is 10.9. The Morgan fingerprint density at radius 2 is 1.74 bits per heavy atom. The number of amides is 1. The van der Waals surface area contributed by atoms with Gasteiger partial charge in [-0.25, -0.2) is 4.98 Å². The van der Waals surface area contributed by atoms with Crippen LogP contribution in [0, 0.1) is 22.0 Å². The molecule has 2 fully saturated rings. The summed E-state index contributed by atoms with van der Waals surface area (Å²) in [4.78, 5) is 34.9. The van der Waals surface area contributed by atoms with Gasteiger partial charge in [0.2, 0.25) is 0 Å². The molecule has 2 saturated heterocycles. The summed E-state index contributed by atoms with van der Waals surface area (Å²) in [5.74, 6) is 1.72. The second-order valence-corrected chi connectivity index (χ2v) is 8.78. The van der Waals surface area contributed by atoms with Crippen molar-refractivity contribution in [3.05, 3.63) is 58.3 Å². The fourth-order valence-electron chi connectivity index (χ4n) is 4.79. The van der Waals surface area contributed by atoms with E-state index in [0.29, 0.717) is 49.3 Å². The van der Waals surface area contributed by atoms with Gasteiger partial charge in [0, 0.05) is 57.1 Å². The van der Waals surface area contributed by atoms with E-state index in [1.165, 1.54) is 6.07 Å². The Morgan fingerprint density at radius 3 is 2.35 bits per heavy atom. The minimum absolute atomic E-state index is 0.0132. The number of anilines is 2. The molecule has 164 valence electrons. The van der Waals surface area contributed by atoms with Gasteiger partial charge in [-0.15, -0.1) is 0 Å². The molecule has 0 bridgehead atoms. The van der Waals surface area contributed by atoms with Gasteiger partial charge in [-0.2, -0.15) is 0 Å². The summed E-state index contributed by atoms with van der Waals surface area (Å²) in [6.45, 7) is 8.45. The topological polar surface area (TPSA) is 82.8 Å². The summed E-state index contributed by atoms with van der Waals surface area (Å²) in [6, 6.07) is 10.7. The maximum absolute atomic E-state index is 13.1. The Kier molecular flexibility index (Phi) is 6.06. The number of hydrogen-bond donors (Lipinski definition) is 0. The van der Waals surface area contributed by atoms with Crippen molar-refractivity contribution in [1.29, 1.82) is 0 Å². The highest BCUT2D eigenvalue weighted by molar-refractivity contribution is 5.96. The predicted octanol–water partition coefficient (Wildman–Crippen LogP) is 3.43. The second-order valence-electron chi connectivity index (χ2n) is 8.78. The van der Waals surface area contributed by atoms with Crippen LogP contribution < -0.4 is 9.80 Å². The van der Waals surface area contributed by atoms with Crippen LogP contribution in [-0.4, -0.2) is 60.0 Å². The minimum Gasteiger partial charge on any atom is -0.365 e. The van der Waals surface area contributed by atoms with Gasteiger partial charge in [0.05, 0.1) is 4.92 Å². The Morgan fingerprint density at radius 1 is 1.03 bits per heavy atom. The van der Waals surface area contributed by atoms with Crippen LogP contribution in [0.15, 0.2) is 42.6 Å². The molecule has 4 rings (SSSR count). The average molecular weight is 424 g/mol. The van der Waals surface area contributed by atoms with E-state index in [0.717, 1.165) is 25.3 Å². The van der Waals surface area contributed by atoms with E-state index in [1.54, 1.807) is 23.2 Å². The standard InChI is InChI=1S/C23H29N5O3/c1-17-13-18(2)16-27(15-17)20-7-6-19(14-21(20)28(30)31)23(29)26-11-9-25(10-12-26)22-5-3-4-8-24-22/h3-8,14,17-18H,9-13,15-16H2,1-2H3. The van der Waals surface area contributed by atoms with Gasteiger partial charge in [0.1, 0.15) is 11.5 Å². The van der Waals surface area contributed by atoms with Crippen molar-refractivity contribution in [2.45, 2.75) is 20.3 Å². The smallest absolute Gasteiger partial charge is 0.293 e. The molecule has 31 heavy (non-hydrogen) atoms. The quantitative estimate of drug-likeness (QED) is 0.553. The summed E-state index contributed by atoms with van der Waals surface area (Å²) in [5.41, 5.74) is 0.999. The molecular weight excluding hydrogens is 394 g/mol. The first-order valence-electron chi connectivity index (χ1n) is 10.9. The molecule has 1 aromatic carbocycles. The number of pyridine rings is 1. The highest BCUT2D eigenvalue weighted by atomic mass is 16.6. The summed E-state index contributed by atoms with van der Waals surface area (Å²) in [7, 11) is 0. The lowest BCUT2D eigenvalue weighted by atomic mass is 9.91. The SMILES string of the molecule is CC1CC(C)CN(c2ccc(C(=O)N3CCN(c4ccccn4)CC3)cc2[N+](=O)[O-])C1. The van der Waals surface area contributed by atoms with Crippen molar-refractivity contribution < 1.29 is 9.72 Å². The maximum Gasteiger partial charge on any atom is 0.293 e. The van der Waals surface area contributed by atoms with Crippen molar-refractivity contribution in [2.24, 2.45) is 11.8 Å². The maximum atomic E-state index is 13.1. The van der Waals surface area contributed by atoms with Crippen LogP contribution in [0.3, 0.4) is 0 Å². The van der Waals surface area contributed by atoms with Crippen molar-refractivity contribution in [1.82, 2.24) is 9.88 Å². The Balaban J connectivity index is 1.49. The number of piperidine rings is 1. The van der Waals surface area contributed by atoms with Crippen LogP contribution in [0.25, 0.3) is 0 Å². The normalized spacial score (nSPS) is 21.8. The van der Waals surface area contributed by atoms with E-state index in [1.807, 2.05) is 18.2 Å². The third kappa shape index (κ3) is 4.62. The summed E-state index contributed by atoms with van der Waals surface area (Å²) in [5, 5.41) is 11.8. The van der Waals surface area contributed by atoms with Gasteiger partial charge in [-0.3, -0.25) is 14.9 Å². The number of carbonyl (C=O) groups excluding carboxylic acids is 1. The zero-order valence-corrected chi connectivity index (χ0v) is 18.1. The summed E-state index contributed by atoms with van der Waals surface area (Å²) >= 11 is 0. The molecule has 2 unspecified atom stereocenters. The lowest BCUT2D eigenvalue weighted by Gasteiger charge is -2.36. The van der Waals surface area contributed by atoms with Gasteiger partial charge in [0.15, 0.2) is 0 Å². The molecule has 0 spiro atoms. The highest BCUT2D eigenvalue weighted by Crippen LogP contribution is 2.34. The molecule has 2 aliphatic heterocycles. The molecule has 2 aliphatic rings. The van der Waals surface area contributed by atoms with Gasteiger partial charge in [0.25, 0.3) is 11.6 Å². The monoisotopic (exact) mass is 423 g/mol. The number of nitrogens with zero attached hydrogens (tertiary/aromatic N) is 5. The van der Waals surface area contributed by atoms with Crippen LogP contribution in [0.2, 0.25) is 0 Å². The fraction of sp³-hybridized carbons (Fsp3) is 0.478. The largest absolute Gasteiger partial charge is 0.365 e. The lowest BCUT2D eigenvalue weighted by Crippen LogP contribution is -2.49. The van der Waals surface area contributed by atoms with E-state index in [4.69, 9.17) is 0 Å². The highest BCUT2D eigenvalue weighted by Gasteiger charge is 2.29. The first-order chi connectivity index (χ1) is 14.9. The van der Waals surface area contributed by atoms with Crippen LogP contribution in [-0.2, 0) is 0 Å². The van der Waals surface area contributed by atoms with Gasteiger partial charge < -0.3 is 14.7 Å². The fourth-order valence-corrected chi connectivity index (χ4v) is 4.79. The molecule has 0 aliphatic carbocycles. The molecule has 2 aromatic rings. The third-order valence-corrected chi connectivity index (χ3v) is 6.17. The number of benzene rings is 1. The van der Waals surface area contributed by atoms with E-state index in [-0.39, 0.29) is 16.5 Å². The van der Waals surface area contributed by atoms with Crippen molar-refractivity contribution in [3.8, 4) is 0 Å². The first kappa shape index (κ1) is 21.1. The molecule has 1 amide bonds. The zero-order chi connectivity index (χ0) is 22.0. The van der Waals surface area contributed by atoms with E-state index >= 15 is 0 Å². The van der Waals surface area contributed by atoms with E-state index in [9.17, 15) is 14.9 Å². The van der Waals surface area contributed by atoms with Crippen molar-refractivity contribution >= 4 is 23.1 Å². The molecule has 0 radical (unpaired) electrons. The molecule has 0 saturated carbocycles. The number of aromatic nitrogens is 1. The molecule has 2 atom stereocenters. The molecule has 8 nitrogen and oxygen atoms in total. The van der Waals surface area contributed by atoms with Crippen LogP contribution in [0.4, 0.5) is 17.2 Å². The van der Waals surface area contributed by atoms with Crippen molar-refractivity contribution in [3.63, 3.8) is 0 Å². The number of piperazine rings is 1. The molecule has 1 aromatic heterocycles. The van der Waals surface area contributed by atoms with E-state index in [2.05, 4.69) is 28.6 Å². The lowest BCUT2D eigenvalue weighted by molar-refractivity contribution is -0.384. The Labute approximate surface area is 182 Å². The predicted molar refractivity (Wildman–Crippen MR) is 121 cm³/mol. The average Bonchev–Trinajstić information content (AvgIpc) is 2.78. The molecule has 0 N–H and O–H groups in total. The minimum atomic E-state index is -0.366. The van der Waals surface area contributed by atoms with E-state index < -0.39 is 0 Å². The number of rotatable bonds is 4. The van der Waals surface area contributed by atoms with Crippen LogP contribution in [0.5, 0.6) is 0 Å². The number of nitro groups is 1. The van der Waals surface area contributed by atoms with Crippen LogP contribution >= 0.6 is 0 Å². The number of hydrogen-bond acceptors (Lipinski definition) is 6. The van der Waals surface area contributed by atoms with Gasteiger partial charge in [-0.05, 0) is 42.5 Å². The summed E-state index contributed by atoms with van der Waals surface area (Å²) in [6.07, 6.45) is 2.89. The van der Waals surface area contributed by atoms with Gasteiger partial charge in [-0.1, -0.05) is 19.9 Å². The Bertz CT molecular complexity index is 933. The third-order valence-electron chi connectivity index (χ3n) is 6.17. The number of nitro benzene ring substituents is 1. The van der Waals surface area contributed by atoms with Crippen molar-refractivity contribution in [2.75, 3.05) is 49.1 Å². The number of carbonyl (C=O) groups is 1.